The number of aromatic nitrogens is 2. The zero-order valence-electron chi connectivity index (χ0n) is 8.88. The molecular weight excluding hydrogens is 424 g/mol. The second-order valence-electron chi connectivity index (χ2n) is 3.66. The van der Waals surface area contributed by atoms with Gasteiger partial charge in [-0.25, -0.2) is 0 Å². The van der Waals surface area contributed by atoms with Crippen LogP contribution in [0.3, 0.4) is 0 Å². The van der Waals surface area contributed by atoms with Crippen molar-refractivity contribution >= 4 is 38.5 Å². The topological polar surface area (TPSA) is 17.8 Å². The zero-order chi connectivity index (χ0) is 13.3. The van der Waals surface area contributed by atoms with Gasteiger partial charge in [0.2, 0.25) is 0 Å². The van der Waals surface area contributed by atoms with Crippen molar-refractivity contribution in [1.82, 2.24) is 9.78 Å². The molecule has 0 aliphatic carbocycles. The summed E-state index contributed by atoms with van der Waals surface area (Å²) >= 11 is 5.40. The predicted octanol–water partition coefficient (Wildman–Crippen LogP) is 4.32. The minimum Gasteiger partial charge on any atom is -0.266 e. The van der Waals surface area contributed by atoms with E-state index in [2.05, 4.69) is 43.6 Å². The molecule has 0 atom stereocenters. The first-order valence-electron chi connectivity index (χ1n) is 4.91. The van der Waals surface area contributed by atoms with Crippen molar-refractivity contribution in [3.8, 4) is 0 Å². The normalized spacial score (nSPS) is 11.8. The molecule has 0 aliphatic heterocycles. The molecule has 0 unspecified atom stereocenters. The molecule has 1 aromatic heterocycles. The largest absolute Gasteiger partial charge is 0.416 e. The first-order valence-corrected chi connectivity index (χ1v) is 6.78. The monoisotopic (exact) mass is 430 g/mol. The minimum absolute atomic E-state index is 0.444. The summed E-state index contributed by atoms with van der Waals surface area (Å²) in [5.74, 6) is 0. The molecule has 2 aromatic rings. The number of halogens is 5. The van der Waals surface area contributed by atoms with Gasteiger partial charge in [0.25, 0.3) is 0 Å². The molecule has 0 fully saturated rings. The van der Waals surface area contributed by atoms with Crippen LogP contribution in [0.2, 0.25) is 0 Å². The standard InChI is InChI=1S/C11H7BrF3IN2/c12-9-6-18(17-10(9)16)5-7-1-3-8(4-2-7)11(13,14)15/h1-4,6H,5H2. The van der Waals surface area contributed by atoms with E-state index in [1.54, 1.807) is 10.9 Å². The van der Waals surface area contributed by atoms with Crippen LogP contribution in [0.15, 0.2) is 34.9 Å². The molecule has 1 aromatic carbocycles. The Morgan fingerprint density at radius 3 is 2.28 bits per heavy atom. The van der Waals surface area contributed by atoms with E-state index in [4.69, 9.17) is 0 Å². The molecule has 2 nitrogen and oxygen atoms in total. The fourth-order valence-electron chi connectivity index (χ4n) is 1.44. The lowest BCUT2D eigenvalue weighted by Crippen LogP contribution is -2.05. The van der Waals surface area contributed by atoms with Crippen LogP contribution >= 0.6 is 38.5 Å². The van der Waals surface area contributed by atoms with E-state index in [-0.39, 0.29) is 0 Å². The summed E-state index contributed by atoms with van der Waals surface area (Å²) < 4.78 is 40.5. The van der Waals surface area contributed by atoms with Gasteiger partial charge < -0.3 is 0 Å². The Hall–Kier alpha value is -0.570. The summed E-state index contributed by atoms with van der Waals surface area (Å²) in [7, 11) is 0. The van der Waals surface area contributed by atoms with Crippen molar-refractivity contribution in [2.24, 2.45) is 0 Å². The number of benzene rings is 1. The Bertz CT molecular complexity index is 529. The molecule has 18 heavy (non-hydrogen) atoms. The maximum atomic E-state index is 12.4. The van der Waals surface area contributed by atoms with Gasteiger partial charge in [0.05, 0.1) is 16.6 Å². The van der Waals surface area contributed by atoms with Crippen LogP contribution in [-0.4, -0.2) is 9.78 Å². The second kappa shape index (κ2) is 5.20. The first-order chi connectivity index (χ1) is 8.36. The number of alkyl halides is 3. The van der Waals surface area contributed by atoms with Crippen LogP contribution in [0, 0.1) is 3.70 Å². The highest BCUT2D eigenvalue weighted by Crippen LogP contribution is 2.29. The van der Waals surface area contributed by atoms with Crippen molar-refractivity contribution < 1.29 is 13.2 Å². The van der Waals surface area contributed by atoms with Crippen LogP contribution in [-0.2, 0) is 12.7 Å². The van der Waals surface area contributed by atoms with Crippen LogP contribution in [0.5, 0.6) is 0 Å². The lowest BCUT2D eigenvalue weighted by atomic mass is 10.1. The summed E-state index contributed by atoms with van der Waals surface area (Å²) in [4.78, 5) is 0. The zero-order valence-corrected chi connectivity index (χ0v) is 12.6. The van der Waals surface area contributed by atoms with Crippen molar-refractivity contribution in [3.05, 3.63) is 49.8 Å². The van der Waals surface area contributed by atoms with E-state index in [1.165, 1.54) is 12.1 Å². The SMILES string of the molecule is FC(F)(F)c1ccc(Cn2cc(Br)c(I)n2)cc1. The molecule has 0 aliphatic rings. The maximum Gasteiger partial charge on any atom is 0.416 e. The quantitative estimate of drug-likeness (QED) is 0.649. The Morgan fingerprint density at radius 2 is 1.83 bits per heavy atom. The molecule has 2 rings (SSSR count). The third kappa shape index (κ3) is 3.25. The molecule has 0 radical (unpaired) electrons. The van der Waals surface area contributed by atoms with Gasteiger partial charge in [-0.05, 0) is 56.2 Å². The minimum atomic E-state index is -4.29. The van der Waals surface area contributed by atoms with E-state index in [9.17, 15) is 13.2 Å². The smallest absolute Gasteiger partial charge is 0.266 e. The third-order valence-corrected chi connectivity index (χ3v) is 4.42. The highest BCUT2D eigenvalue weighted by atomic mass is 127. The molecule has 0 spiro atoms. The predicted molar refractivity (Wildman–Crippen MR) is 73.2 cm³/mol. The Morgan fingerprint density at radius 1 is 1.22 bits per heavy atom. The van der Waals surface area contributed by atoms with Gasteiger partial charge in [-0.15, -0.1) is 0 Å². The second-order valence-corrected chi connectivity index (χ2v) is 5.54. The van der Waals surface area contributed by atoms with Crippen molar-refractivity contribution in [3.63, 3.8) is 0 Å². The first kappa shape index (κ1) is 13.9. The van der Waals surface area contributed by atoms with Crippen molar-refractivity contribution in [2.45, 2.75) is 12.7 Å². The summed E-state index contributed by atoms with van der Waals surface area (Å²) in [6, 6.07) is 5.09. The van der Waals surface area contributed by atoms with E-state index >= 15 is 0 Å². The van der Waals surface area contributed by atoms with E-state index in [0.29, 0.717) is 6.54 Å². The Kier molecular flexibility index (Phi) is 4.00. The Labute approximate surface area is 123 Å². The van der Waals surface area contributed by atoms with E-state index in [1.807, 2.05) is 0 Å². The number of hydrogen-bond acceptors (Lipinski definition) is 1. The summed E-state index contributed by atoms with van der Waals surface area (Å²) in [6.07, 6.45) is -2.50. The fraction of sp³-hybridized carbons (Fsp3) is 0.182. The average Bonchev–Trinajstić information content (AvgIpc) is 2.57. The highest BCUT2D eigenvalue weighted by molar-refractivity contribution is 14.1. The molecule has 0 bridgehead atoms. The van der Waals surface area contributed by atoms with E-state index < -0.39 is 11.7 Å². The van der Waals surface area contributed by atoms with Gasteiger partial charge in [0.15, 0.2) is 0 Å². The van der Waals surface area contributed by atoms with Gasteiger partial charge in [0.1, 0.15) is 3.70 Å². The number of nitrogens with zero attached hydrogens (tertiary/aromatic N) is 2. The average molecular weight is 431 g/mol. The van der Waals surface area contributed by atoms with Crippen molar-refractivity contribution in [2.75, 3.05) is 0 Å². The van der Waals surface area contributed by atoms with Gasteiger partial charge in [0, 0.05) is 6.20 Å². The third-order valence-electron chi connectivity index (χ3n) is 2.30. The van der Waals surface area contributed by atoms with E-state index in [0.717, 1.165) is 25.9 Å². The lowest BCUT2D eigenvalue weighted by molar-refractivity contribution is -0.137. The summed E-state index contributed by atoms with van der Waals surface area (Å²) in [5, 5.41) is 4.21. The van der Waals surface area contributed by atoms with Crippen LogP contribution in [0.4, 0.5) is 13.2 Å². The molecule has 0 N–H and O–H groups in total. The van der Waals surface area contributed by atoms with Gasteiger partial charge in [-0.2, -0.15) is 18.3 Å². The fourth-order valence-corrected chi connectivity index (χ4v) is 2.17. The lowest BCUT2D eigenvalue weighted by Gasteiger charge is -2.07. The molecule has 1 heterocycles. The highest BCUT2D eigenvalue weighted by Gasteiger charge is 2.29. The summed E-state index contributed by atoms with van der Waals surface area (Å²) in [6.45, 7) is 0.444. The molecule has 0 saturated carbocycles. The number of rotatable bonds is 2. The molecular formula is C11H7BrF3IN2. The van der Waals surface area contributed by atoms with Gasteiger partial charge in [-0.3, -0.25) is 4.68 Å². The maximum absolute atomic E-state index is 12.4. The summed E-state index contributed by atoms with van der Waals surface area (Å²) in [5.41, 5.74) is 0.136. The molecule has 0 amide bonds. The van der Waals surface area contributed by atoms with Crippen LogP contribution in [0.1, 0.15) is 11.1 Å². The van der Waals surface area contributed by atoms with Crippen LogP contribution < -0.4 is 0 Å². The molecule has 7 heteroatoms. The molecule has 96 valence electrons. The van der Waals surface area contributed by atoms with Crippen molar-refractivity contribution in [1.29, 1.82) is 0 Å². The van der Waals surface area contributed by atoms with Gasteiger partial charge in [-0.1, -0.05) is 12.1 Å². The number of hydrogen-bond donors (Lipinski definition) is 0. The van der Waals surface area contributed by atoms with Crippen LogP contribution in [0.25, 0.3) is 0 Å². The van der Waals surface area contributed by atoms with Gasteiger partial charge >= 0.3 is 6.18 Å². The Balaban J connectivity index is 2.16. The molecule has 0 saturated heterocycles.